The van der Waals surface area contributed by atoms with E-state index in [0.29, 0.717) is 38.5 Å². The summed E-state index contributed by atoms with van der Waals surface area (Å²) in [6.07, 6.45) is 0. The number of carbonyl (C=O) groups excluding carboxylic acids is 1. The summed E-state index contributed by atoms with van der Waals surface area (Å²) in [5.74, 6) is 0.739. The normalized spacial score (nSPS) is 17.5. The minimum atomic E-state index is -3.70. The summed E-state index contributed by atoms with van der Waals surface area (Å²) in [5.41, 5.74) is 0. The van der Waals surface area contributed by atoms with Crippen molar-refractivity contribution < 1.29 is 27.6 Å². The van der Waals surface area contributed by atoms with Gasteiger partial charge in [0.15, 0.2) is 6.04 Å². The van der Waals surface area contributed by atoms with Gasteiger partial charge in [0, 0.05) is 12.6 Å². The fraction of sp³-hybridized carbons (Fsp3) is 0.588. The molecule has 2 rings (SSSR count). The Morgan fingerprint density at radius 3 is 2.46 bits per heavy atom. The van der Waals surface area contributed by atoms with Crippen molar-refractivity contribution >= 4 is 15.9 Å². The van der Waals surface area contributed by atoms with Gasteiger partial charge in [-0.05, 0) is 26.0 Å². The molecule has 0 aliphatic carbocycles. The molecule has 146 valence electrons. The van der Waals surface area contributed by atoms with Crippen LogP contribution in [-0.2, 0) is 14.8 Å². The second-order valence-electron chi connectivity index (χ2n) is 6.20. The van der Waals surface area contributed by atoms with Crippen molar-refractivity contribution in [1.82, 2.24) is 9.62 Å². The largest absolute Gasteiger partial charge is 0.497 e. The number of nitrogens with one attached hydrogen (secondary N) is 2. The van der Waals surface area contributed by atoms with E-state index in [-0.39, 0.29) is 22.6 Å². The molecule has 8 nitrogen and oxygen atoms in total. The van der Waals surface area contributed by atoms with E-state index >= 15 is 0 Å². The first-order valence-electron chi connectivity index (χ1n) is 8.69. The Kier molecular flexibility index (Phi) is 6.85. The Bertz CT molecular complexity index is 730. The predicted octanol–water partition coefficient (Wildman–Crippen LogP) is -0.882. The van der Waals surface area contributed by atoms with Gasteiger partial charge in [-0.2, -0.15) is 4.31 Å². The van der Waals surface area contributed by atoms with Crippen molar-refractivity contribution in [3.8, 4) is 11.5 Å². The number of rotatable bonds is 7. The van der Waals surface area contributed by atoms with E-state index in [4.69, 9.17) is 9.47 Å². The van der Waals surface area contributed by atoms with Crippen LogP contribution in [0.5, 0.6) is 11.5 Å². The lowest BCUT2D eigenvalue weighted by molar-refractivity contribution is -0.917. The first-order chi connectivity index (χ1) is 12.3. The van der Waals surface area contributed by atoms with Crippen molar-refractivity contribution in [2.24, 2.45) is 0 Å². The number of amides is 1. The summed E-state index contributed by atoms with van der Waals surface area (Å²) >= 11 is 0. The second-order valence-corrected chi connectivity index (χ2v) is 8.10. The lowest BCUT2D eigenvalue weighted by atomic mass is 10.2. The molecule has 2 N–H and O–H groups in total. The van der Waals surface area contributed by atoms with Crippen LogP contribution < -0.4 is 19.7 Å². The quantitative estimate of drug-likeness (QED) is 0.635. The zero-order chi connectivity index (χ0) is 19.3. The van der Waals surface area contributed by atoms with Gasteiger partial charge in [0.2, 0.25) is 10.0 Å². The smallest absolute Gasteiger partial charge is 0.278 e. The number of nitrogens with zero attached hydrogens (tertiary/aromatic N) is 1. The first kappa shape index (κ1) is 20.5. The number of methoxy groups -OCH3 is 2. The summed E-state index contributed by atoms with van der Waals surface area (Å²) < 4.78 is 37.9. The van der Waals surface area contributed by atoms with Gasteiger partial charge in [0.05, 0.1) is 40.4 Å². The third-order valence-electron chi connectivity index (χ3n) is 4.71. The van der Waals surface area contributed by atoms with Crippen molar-refractivity contribution in [2.75, 3.05) is 46.9 Å². The molecule has 1 amide bonds. The number of piperazine rings is 1. The van der Waals surface area contributed by atoms with E-state index in [9.17, 15) is 13.2 Å². The van der Waals surface area contributed by atoms with Crippen molar-refractivity contribution in [3.63, 3.8) is 0 Å². The Morgan fingerprint density at radius 2 is 1.92 bits per heavy atom. The summed E-state index contributed by atoms with van der Waals surface area (Å²) in [7, 11) is -0.772. The summed E-state index contributed by atoms with van der Waals surface area (Å²) in [5, 5.41) is 2.82. The maximum absolute atomic E-state index is 13.0. The topological polar surface area (TPSA) is 89.4 Å². The molecule has 0 aromatic heterocycles. The summed E-state index contributed by atoms with van der Waals surface area (Å²) in [4.78, 5) is 13.2. The van der Waals surface area contributed by atoms with Crippen LogP contribution in [0.1, 0.15) is 13.8 Å². The number of quaternary nitrogens is 1. The highest BCUT2D eigenvalue weighted by Crippen LogP contribution is 2.30. The van der Waals surface area contributed by atoms with Gasteiger partial charge in [-0.15, -0.1) is 0 Å². The molecule has 1 atom stereocenters. The van der Waals surface area contributed by atoms with E-state index in [1.54, 1.807) is 12.1 Å². The third kappa shape index (κ3) is 4.28. The molecule has 0 bridgehead atoms. The average Bonchev–Trinajstić information content (AvgIpc) is 2.67. The third-order valence-corrected chi connectivity index (χ3v) is 6.63. The highest BCUT2D eigenvalue weighted by molar-refractivity contribution is 7.89. The Hall–Kier alpha value is -1.84. The molecule has 0 saturated carbocycles. The molecule has 1 aromatic carbocycles. The number of benzene rings is 1. The van der Waals surface area contributed by atoms with Crippen molar-refractivity contribution in [3.05, 3.63) is 18.2 Å². The molecule has 1 heterocycles. The highest BCUT2D eigenvalue weighted by Gasteiger charge is 2.35. The van der Waals surface area contributed by atoms with Crippen LogP contribution in [0.4, 0.5) is 0 Å². The van der Waals surface area contributed by atoms with E-state index in [2.05, 4.69) is 5.32 Å². The van der Waals surface area contributed by atoms with E-state index < -0.39 is 10.0 Å². The molecule has 1 aliphatic rings. The maximum Gasteiger partial charge on any atom is 0.278 e. The zero-order valence-corrected chi connectivity index (χ0v) is 16.6. The summed E-state index contributed by atoms with van der Waals surface area (Å²) in [6.45, 7) is 6.19. The lowest BCUT2D eigenvalue weighted by Gasteiger charge is -2.34. The fourth-order valence-corrected chi connectivity index (χ4v) is 4.70. The second kappa shape index (κ2) is 8.70. The molecule has 1 saturated heterocycles. The number of ether oxygens (including phenoxy) is 2. The SMILES string of the molecule is CCNC(=O)[C@H](C)[NH+]1CCN(S(=O)(=O)c2cc(OC)ccc2OC)CC1. The molecule has 0 spiro atoms. The molecule has 26 heavy (non-hydrogen) atoms. The molecule has 1 aromatic rings. The zero-order valence-electron chi connectivity index (χ0n) is 15.7. The number of sulfonamides is 1. The first-order valence-corrected chi connectivity index (χ1v) is 10.1. The molecule has 1 fully saturated rings. The molecule has 0 radical (unpaired) electrons. The molecule has 9 heteroatoms. The molecular formula is C17H28N3O5S+. The number of carbonyl (C=O) groups is 1. The maximum atomic E-state index is 13.0. The van der Waals surface area contributed by atoms with Gasteiger partial charge >= 0.3 is 0 Å². The van der Waals surface area contributed by atoms with Crippen LogP contribution in [0.2, 0.25) is 0 Å². The molecular weight excluding hydrogens is 358 g/mol. The minimum Gasteiger partial charge on any atom is -0.497 e. The van der Waals surface area contributed by atoms with E-state index in [1.165, 1.54) is 24.6 Å². The van der Waals surface area contributed by atoms with Crippen LogP contribution >= 0.6 is 0 Å². The molecule has 1 aliphatic heterocycles. The monoisotopic (exact) mass is 386 g/mol. The fourth-order valence-electron chi connectivity index (χ4n) is 3.08. The average molecular weight is 386 g/mol. The van der Waals surface area contributed by atoms with Crippen LogP contribution in [0.3, 0.4) is 0 Å². The van der Waals surface area contributed by atoms with Crippen molar-refractivity contribution in [1.29, 1.82) is 0 Å². The van der Waals surface area contributed by atoms with Crippen LogP contribution in [-0.4, -0.2) is 71.6 Å². The number of hydrogen-bond acceptors (Lipinski definition) is 5. The van der Waals surface area contributed by atoms with E-state index in [0.717, 1.165) is 4.90 Å². The molecule has 0 unspecified atom stereocenters. The van der Waals surface area contributed by atoms with E-state index in [1.807, 2.05) is 13.8 Å². The number of hydrogen-bond donors (Lipinski definition) is 2. The Morgan fingerprint density at radius 1 is 1.27 bits per heavy atom. The van der Waals surface area contributed by atoms with Crippen LogP contribution in [0.25, 0.3) is 0 Å². The van der Waals surface area contributed by atoms with Gasteiger partial charge in [-0.1, -0.05) is 0 Å². The minimum absolute atomic E-state index is 0.00623. The van der Waals surface area contributed by atoms with Crippen LogP contribution in [0, 0.1) is 0 Å². The van der Waals surface area contributed by atoms with Gasteiger partial charge < -0.3 is 19.7 Å². The Balaban J connectivity index is 2.14. The van der Waals surface area contributed by atoms with Gasteiger partial charge in [-0.3, -0.25) is 4.79 Å². The van der Waals surface area contributed by atoms with Gasteiger partial charge in [-0.25, -0.2) is 8.42 Å². The predicted molar refractivity (Wildman–Crippen MR) is 97.1 cm³/mol. The lowest BCUT2D eigenvalue weighted by Crippen LogP contribution is -3.19. The van der Waals surface area contributed by atoms with Crippen LogP contribution in [0.15, 0.2) is 23.1 Å². The van der Waals surface area contributed by atoms with Gasteiger partial charge in [0.25, 0.3) is 5.91 Å². The summed E-state index contributed by atoms with van der Waals surface area (Å²) in [6, 6.07) is 4.52. The highest BCUT2D eigenvalue weighted by atomic mass is 32.2. The Labute approximate surface area is 155 Å². The standard InChI is InChI=1S/C17H27N3O5S/c1-5-18-17(21)13(2)19-8-10-20(11-9-19)26(22,23)16-12-14(24-3)6-7-15(16)25-4/h6-7,12-13H,5,8-11H2,1-4H3,(H,18,21)/p+1/t13-/m0/s1. The number of likely N-dealkylation sites (N-methyl/N-ethyl adjacent to an activating group) is 1. The van der Waals surface area contributed by atoms with Gasteiger partial charge in [0.1, 0.15) is 16.4 Å². The van der Waals surface area contributed by atoms with Crippen molar-refractivity contribution in [2.45, 2.75) is 24.8 Å².